The molecule has 0 aliphatic carbocycles. The van der Waals surface area contributed by atoms with Crippen LogP contribution in [0, 0.1) is 19.7 Å². The highest BCUT2D eigenvalue weighted by molar-refractivity contribution is 6.31. The lowest BCUT2D eigenvalue weighted by molar-refractivity contribution is -0.136. The minimum Gasteiger partial charge on any atom is -0.481 e. The highest BCUT2D eigenvalue weighted by Gasteiger charge is 2.21. The van der Waals surface area contributed by atoms with Crippen LogP contribution < -0.4 is 10.1 Å². The third-order valence-corrected chi connectivity index (χ3v) is 6.76. The molecule has 1 heterocycles. The molecule has 0 bridgehead atoms. The fraction of sp³-hybridized carbons (Fsp3) is 0.290. The maximum Gasteiger partial charge on any atom is 0.303 e. The Morgan fingerprint density at radius 3 is 2.44 bits per heavy atom. The molecule has 8 heteroatoms. The van der Waals surface area contributed by atoms with Gasteiger partial charge in [-0.05, 0) is 91.9 Å². The van der Waals surface area contributed by atoms with Crippen LogP contribution in [0.3, 0.4) is 0 Å². The van der Waals surface area contributed by atoms with E-state index in [1.165, 1.54) is 12.1 Å². The third kappa shape index (κ3) is 6.98. The van der Waals surface area contributed by atoms with Crippen molar-refractivity contribution in [2.24, 2.45) is 7.05 Å². The van der Waals surface area contributed by atoms with Crippen molar-refractivity contribution in [2.75, 3.05) is 0 Å². The summed E-state index contributed by atoms with van der Waals surface area (Å²) in [7, 11) is 1.83. The molecule has 0 radical (unpaired) electrons. The average Bonchev–Trinajstić information content (AvgIpc) is 3.13. The quantitative estimate of drug-likeness (QED) is 0.233. The van der Waals surface area contributed by atoms with Crippen molar-refractivity contribution in [1.82, 2.24) is 9.88 Å². The van der Waals surface area contributed by atoms with Gasteiger partial charge in [0.2, 0.25) is 0 Å². The van der Waals surface area contributed by atoms with Gasteiger partial charge in [0, 0.05) is 35.5 Å². The summed E-state index contributed by atoms with van der Waals surface area (Å²) in [4.78, 5) is 24.1. The zero-order chi connectivity index (χ0) is 28.9. The Balaban J connectivity index is 0.00000205. The maximum absolute atomic E-state index is 14.5. The normalized spacial score (nSPS) is 11.5. The van der Waals surface area contributed by atoms with Crippen molar-refractivity contribution in [3.8, 4) is 11.5 Å². The number of aromatic nitrogens is 1. The first kappa shape index (κ1) is 29.7. The van der Waals surface area contributed by atoms with E-state index < -0.39 is 17.8 Å². The van der Waals surface area contributed by atoms with Crippen LogP contribution in [0.4, 0.5) is 4.39 Å². The zero-order valence-electron chi connectivity index (χ0n) is 23.1. The molecule has 4 aromatic rings. The van der Waals surface area contributed by atoms with Crippen LogP contribution in [0.15, 0.2) is 54.6 Å². The van der Waals surface area contributed by atoms with Gasteiger partial charge in [-0.15, -0.1) is 0 Å². The first-order chi connectivity index (χ1) is 18.5. The number of ether oxygens (including phenoxy) is 1. The predicted octanol–water partition coefficient (Wildman–Crippen LogP) is 7.91. The molecule has 1 atom stereocenters. The predicted molar refractivity (Wildman–Crippen MR) is 154 cm³/mol. The first-order valence-electron chi connectivity index (χ1n) is 12.9. The Morgan fingerprint density at radius 2 is 1.77 bits per heavy atom. The number of carbonyl (C=O) groups is 2. The fourth-order valence-electron chi connectivity index (χ4n) is 4.55. The van der Waals surface area contributed by atoms with Crippen LogP contribution in [-0.2, 0) is 18.3 Å². The molecule has 2 N–H and O–H groups in total. The van der Waals surface area contributed by atoms with Crippen molar-refractivity contribution >= 4 is 34.4 Å². The molecular formula is C31H34ClFN2O4. The van der Waals surface area contributed by atoms with E-state index in [1.807, 2.05) is 57.5 Å². The molecule has 0 aliphatic heterocycles. The molecule has 3 aromatic carbocycles. The number of rotatable bonds is 8. The minimum atomic E-state index is -0.854. The Bertz CT molecular complexity index is 1510. The molecule has 1 amide bonds. The largest absolute Gasteiger partial charge is 0.481 e. The fourth-order valence-corrected chi connectivity index (χ4v) is 4.73. The standard InChI is InChI=1S/C29H28ClFN2O4.C2H6/c1-16-11-23(8-5-19(16)6-10-27(34)35)37-24-13-20(12-22(31)15-24)18(3)32-29(36)28-17(2)25-14-21(30)7-9-26(25)33(28)4;1-2/h5,7-9,11-15,18H,6,10H2,1-4H3,(H,32,36)(H,34,35);1-2H3. The summed E-state index contributed by atoms with van der Waals surface area (Å²) >= 11 is 6.15. The lowest BCUT2D eigenvalue weighted by Crippen LogP contribution is -2.29. The molecule has 0 spiro atoms. The van der Waals surface area contributed by atoms with Gasteiger partial charge in [0.05, 0.1) is 6.04 Å². The van der Waals surface area contributed by atoms with E-state index >= 15 is 0 Å². The lowest BCUT2D eigenvalue weighted by atomic mass is 10.0. The second-order valence-electron chi connectivity index (χ2n) is 9.19. The molecule has 1 unspecified atom stereocenters. The summed E-state index contributed by atoms with van der Waals surface area (Å²) in [6.07, 6.45) is 0.468. The molecule has 0 fully saturated rings. The number of nitrogens with zero attached hydrogens (tertiary/aromatic N) is 1. The molecule has 0 saturated carbocycles. The van der Waals surface area contributed by atoms with Crippen LogP contribution in [-0.4, -0.2) is 21.6 Å². The Kier molecular flexibility index (Phi) is 9.76. The monoisotopic (exact) mass is 552 g/mol. The van der Waals surface area contributed by atoms with Crippen LogP contribution in [0.25, 0.3) is 10.9 Å². The van der Waals surface area contributed by atoms with E-state index in [1.54, 1.807) is 31.2 Å². The van der Waals surface area contributed by atoms with E-state index in [-0.39, 0.29) is 12.3 Å². The van der Waals surface area contributed by atoms with Gasteiger partial charge < -0.3 is 19.7 Å². The van der Waals surface area contributed by atoms with Crippen molar-refractivity contribution in [3.63, 3.8) is 0 Å². The smallest absolute Gasteiger partial charge is 0.303 e. The highest BCUT2D eigenvalue weighted by Crippen LogP contribution is 2.30. The molecule has 6 nitrogen and oxygen atoms in total. The number of hydrogen-bond acceptors (Lipinski definition) is 3. The van der Waals surface area contributed by atoms with Crippen LogP contribution in [0.1, 0.15) is 66.0 Å². The summed E-state index contributed by atoms with van der Waals surface area (Å²) in [5.41, 5.74) is 4.58. The van der Waals surface area contributed by atoms with Gasteiger partial charge in [0.15, 0.2) is 0 Å². The molecule has 206 valence electrons. The number of fused-ring (bicyclic) bond motifs is 1. The number of amides is 1. The molecule has 0 saturated heterocycles. The second-order valence-corrected chi connectivity index (χ2v) is 9.63. The zero-order valence-corrected chi connectivity index (χ0v) is 23.8. The number of hydrogen-bond donors (Lipinski definition) is 2. The van der Waals surface area contributed by atoms with E-state index in [0.29, 0.717) is 34.2 Å². The first-order valence-corrected chi connectivity index (χ1v) is 13.3. The van der Waals surface area contributed by atoms with Crippen molar-refractivity contribution < 1.29 is 23.8 Å². The number of carboxylic acid groups (broad SMARTS) is 1. The summed E-state index contributed by atoms with van der Waals surface area (Å²) in [5, 5.41) is 13.4. The minimum absolute atomic E-state index is 0.0456. The Hall–Kier alpha value is -3.84. The summed E-state index contributed by atoms with van der Waals surface area (Å²) in [6, 6.07) is 14.7. The number of aryl methyl sites for hydroxylation is 4. The average molecular weight is 553 g/mol. The number of halogens is 2. The number of aliphatic carboxylic acids is 1. The van der Waals surface area contributed by atoms with Crippen LogP contribution >= 0.6 is 11.6 Å². The van der Waals surface area contributed by atoms with Gasteiger partial charge in [0.25, 0.3) is 5.91 Å². The number of nitrogens with one attached hydrogen (secondary N) is 1. The Morgan fingerprint density at radius 1 is 1.05 bits per heavy atom. The highest BCUT2D eigenvalue weighted by atomic mass is 35.5. The van der Waals surface area contributed by atoms with Gasteiger partial charge in [-0.2, -0.15) is 0 Å². The van der Waals surface area contributed by atoms with Gasteiger partial charge in [-0.25, -0.2) is 4.39 Å². The van der Waals surface area contributed by atoms with Gasteiger partial charge in [-0.3, -0.25) is 9.59 Å². The lowest BCUT2D eigenvalue weighted by Gasteiger charge is -2.17. The van der Waals surface area contributed by atoms with Gasteiger partial charge >= 0.3 is 5.97 Å². The SMILES string of the molecule is CC.Cc1cc(Oc2cc(F)cc(C(C)NC(=O)c3c(C)c4cc(Cl)ccc4n3C)c2)ccc1CCC(=O)O. The molecular weight excluding hydrogens is 519 g/mol. The van der Waals surface area contributed by atoms with Crippen LogP contribution in [0.5, 0.6) is 11.5 Å². The molecule has 4 rings (SSSR count). The number of carboxylic acids is 1. The van der Waals surface area contributed by atoms with E-state index in [2.05, 4.69) is 5.32 Å². The third-order valence-electron chi connectivity index (χ3n) is 6.53. The number of benzene rings is 3. The van der Waals surface area contributed by atoms with Gasteiger partial charge in [0.1, 0.15) is 23.0 Å². The summed E-state index contributed by atoms with van der Waals surface area (Å²) in [5.74, 6) is -0.815. The van der Waals surface area contributed by atoms with Crippen LogP contribution in [0.2, 0.25) is 5.02 Å². The molecule has 0 aliphatic rings. The van der Waals surface area contributed by atoms with Crippen molar-refractivity contribution in [1.29, 1.82) is 0 Å². The van der Waals surface area contributed by atoms with Crippen molar-refractivity contribution in [3.05, 3.63) is 93.4 Å². The molecule has 39 heavy (non-hydrogen) atoms. The molecule has 1 aromatic heterocycles. The van der Waals surface area contributed by atoms with Crippen molar-refractivity contribution in [2.45, 2.75) is 53.5 Å². The van der Waals surface area contributed by atoms with Gasteiger partial charge in [-0.1, -0.05) is 31.5 Å². The maximum atomic E-state index is 14.5. The van der Waals surface area contributed by atoms with E-state index in [4.69, 9.17) is 21.4 Å². The van der Waals surface area contributed by atoms with E-state index in [9.17, 15) is 14.0 Å². The second kappa shape index (κ2) is 12.8. The summed E-state index contributed by atoms with van der Waals surface area (Å²) in [6.45, 7) is 9.54. The summed E-state index contributed by atoms with van der Waals surface area (Å²) < 4.78 is 22.2. The Labute approximate surface area is 233 Å². The topological polar surface area (TPSA) is 80.6 Å². The van der Waals surface area contributed by atoms with E-state index in [0.717, 1.165) is 27.6 Å². The number of carbonyl (C=O) groups excluding carboxylic acids is 1.